The van der Waals surface area contributed by atoms with Gasteiger partial charge in [0.1, 0.15) is 22.9 Å². The Morgan fingerprint density at radius 2 is 2.12 bits per heavy atom. The molecular formula is C23H24F2N2O6. The van der Waals surface area contributed by atoms with Crippen LogP contribution in [0.4, 0.5) is 8.78 Å². The minimum atomic E-state index is -1.01. The minimum absolute atomic E-state index is 0.0281. The molecule has 3 heterocycles. The van der Waals surface area contributed by atoms with Gasteiger partial charge in [-0.05, 0) is 25.8 Å². The Morgan fingerprint density at radius 1 is 1.36 bits per heavy atom. The number of halogens is 2. The number of carbonyl (C=O) groups is 2. The molecule has 2 aliphatic heterocycles. The number of hydrogen-bond acceptors (Lipinski definition) is 6. The smallest absolute Gasteiger partial charge is 0.257 e. The van der Waals surface area contributed by atoms with E-state index in [4.69, 9.17) is 9.47 Å². The van der Waals surface area contributed by atoms with E-state index in [9.17, 15) is 28.3 Å². The molecule has 2 aromatic rings. The number of pyridine rings is 1. The van der Waals surface area contributed by atoms with E-state index in [1.807, 2.05) is 0 Å². The van der Waals surface area contributed by atoms with Crippen molar-refractivity contribution in [1.29, 1.82) is 0 Å². The number of carbonyl (C=O) groups excluding carboxylic acids is 2. The first-order chi connectivity index (χ1) is 15.7. The number of hydrogen-bond donors (Lipinski definition) is 2. The number of benzene rings is 1. The standard InChI is InChI=1S/C23H24F2N2O6/c1-23(6-8-32-2)20(30)17-19(29)18(28)14(11-27(17)16-5-7-33-21(16)23)22(31)26-10-12-3-4-13(24)9-15(12)25/h3-4,9,11,16,21,29H,5-8,10H2,1-2H3,(H,26,31)/t16-,21+,23+/m0/s1. The van der Waals surface area contributed by atoms with Crippen molar-refractivity contribution in [3.05, 3.63) is 63.1 Å². The van der Waals surface area contributed by atoms with Crippen molar-refractivity contribution >= 4 is 11.7 Å². The fourth-order valence-electron chi connectivity index (χ4n) is 4.64. The van der Waals surface area contributed by atoms with Crippen LogP contribution in [-0.2, 0) is 16.0 Å². The van der Waals surface area contributed by atoms with Gasteiger partial charge < -0.3 is 24.5 Å². The second-order valence-corrected chi connectivity index (χ2v) is 8.53. The molecule has 4 rings (SSSR count). The molecule has 0 saturated carbocycles. The Kier molecular flexibility index (Phi) is 6.06. The van der Waals surface area contributed by atoms with E-state index >= 15 is 0 Å². The number of aromatic nitrogens is 1. The lowest BCUT2D eigenvalue weighted by atomic mass is 9.70. The van der Waals surface area contributed by atoms with E-state index in [1.54, 1.807) is 6.92 Å². The lowest BCUT2D eigenvalue weighted by Gasteiger charge is -2.42. The second kappa shape index (κ2) is 8.68. The summed E-state index contributed by atoms with van der Waals surface area (Å²) in [5.41, 5.74) is -2.53. The molecule has 1 amide bonds. The first-order valence-electron chi connectivity index (χ1n) is 10.5. The van der Waals surface area contributed by atoms with Gasteiger partial charge in [0.05, 0.1) is 17.6 Å². The van der Waals surface area contributed by atoms with Gasteiger partial charge in [-0.2, -0.15) is 0 Å². The Morgan fingerprint density at radius 3 is 2.82 bits per heavy atom. The van der Waals surface area contributed by atoms with E-state index in [2.05, 4.69) is 5.32 Å². The van der Waals surface area contributed by atoms with Crippen LogP contribution in [-0.4, -0.2) is 47.8 Å². The van der Waals surface area contributed by atoms with Crippen molar-refractivity contribution in [3.63, 3.8) is 0 Å². The number of nitrogens with zero attached hydrogens (tertiary/aromatic N) is 1. The van der Waals surface area contributed by atoms with Crippen LogP contribution in [0.15, 0.2) is 29.2 Å². The molecule has 176 valence electrons. The monoisotopic (exact) mass is 462 g/mol. The molecule has 1 aromatic heterocycles. The molecule has 33 heavy (non-hydrogen) atoms. The van der Waals surface area contributed by atoms with Crippen LogP contribution in [0.5, 0.6) is 5.75 Å². The minimum Gasteiger partial charge on any atom is -0.503 e. The molecule has 8 nitrogen and oxygen atoms in total. The molecule has 2 N–H and O–H groups in total. The highest BCUT2D eigenvalue weighted by Crippen LogP contribution is 2.48. The van der Waals surface area contributed by atoms with Crippen molar-refractivity contribution in [1.82, 2.24) is 9.88 Å². The third-order valence-electron chi connectivity index (χ3n) is 6.51. The molecule has 0 radical (unpaired) electrons. The normalized spacial score (nSPS) is 23.8. The Balaban J connectivity index is 1.69. The third-order valence-corrected chi connectivity index (χ3v) is 6.51. The molecule has 0 bridgehead atoms. The highest BCUT2D eigenvalue weighted by atomic mass is 19.1. The summed E-state index contributed by atoms with van der Waals surface area (Å²) in [6, 6.07) is 2.55. The number of ketones is 1. The number of fused-ring (bicyclic) bond motifs is 3. The number of methoxy groups -OCH3 is 1. The summed E-state index contributed by atoms with van der Waals surface area (Å²) in [6.07, 6.45) is 1.59. The van der Waals surface area contributed by atoms with Crippen molar-refractivity contribution in [2.24, 2.45) is 5.41 Å². The van der Waals surface area contributed by atoms with Gasteiger partial charge in [-0.1, -0.05) is 6.07 Å². The largest absolute Gasteiger partial charge is 0.503 e. The summed E-state index contributed by atoms with van der Waals surface area (Å²) in [5, 5.41) is 13.1. The van der Waals surface area contributed by atoms with E-state index in [-0.39, 0.29) is 23.8 Å². The maximum atomic E-state index is 13.9. The average Bonchev–Trinajstić information content (AvgIpc) is 3.28. The number of ether oxygens (including phenoxy) is 2. The number of rotatable bonds is 6. The summed E-state index contributed by atoms with van der Waals surface area (Å²) in [4.78, 5) is 38.9. The van der Waals surface area contributed by atoms with Crippen LogP contribution in [0.25, 0.3) is 0 Å². The lowest BCUT2D eigenvalue weighted by Crippen LogP contribution is -2.50. The highest BCUT2D eigenvalue weighted by molar-refractivity contribution is 6.03. The predicted molar refractivity (Wildman–Crippen MR) is 112 cm³/mol. The highest BCUT2D eigenvalue weighted by Gasteiger charge is 2.54. The molecular weight excluding hydrogens is 438 g/mol. The lowest BCUT2D eigenvalue weighted by molar-refractivity contribution is -0.0222. The number of aromatic hydroxyl groups is 1. The molecule has 1 saturated heterocycles. The molecule has 0 aliphatic carbocycles. The number of nitrogens with one attached hydrogen (secondary N) is 1. The van der Waals surface area contributed by atoms with E-state index < -0.39 is 51.6 Å². The zero-order chi connectivity index (χ0) is 23.9. The Hall–Kier alpha value is -3.11. The van der Waals surface area contributed by atoms with Gasteiger partial charge in [0.2, 0.25) is 5.43 Å². The van der Waals surface area contributed by atoms with E-state index in [0.29, 0.717) is 32.1 Å². The van der Waals surface area contributed by atoms with Crippen LogP contribution >= 0.6 is 0 Å². The maximum Gasteiger partial charge on any atom is 0.257 e. The van der Waals surface area contributed by atoms with Gasteiger partial charge in [0.25, 0.3) is 5.91 Å². The average molecular weight is 462 g/mol. The second-order valence-electron chi connectivity index (χ2n) is 8.53. The zero-order valence-corrected chi connectivity index (χ0v) is 18.2. The first-order valence-corrected chi connectivity index (χ1v) is 10.5. The Labute approximate surface area is 188 Å². The topological polar surface area (TPSA) is 107 Å². The molecule has 1 fully saturated rings. The zero-order valence-electron chi connectivity index (χ0n) is 18.2. The van der Waals surface area contributed by atoms with E-state index in [0.717, 1.165) is 6.07 Å². The summed E-state index contributed by atoms with van der Waals surface area (Å²) in [5.74, 6) is -3.72. The maximum absolute atomic E-state index is 13.9. The van der Waals surface area contributed by atoms with Gasteiger partial charge in [0.15, 0.2) is 11.5 Å². The summed E-state index contributed by atoms with van der Waals surface area (Å²) in [7, 11) is 1.52. The number of amides is 1. The van der Waals surface area contributed by atoms with Gasteiger partial charge >= 0.3 is 0 Å². The van der Waals surface area contributed by atoms with Crippen LogP contribution in [0.3, 0.4) is 0 Å². The van der Waals surface area contributed by atoms with Crippen molar-refractivity contribution < 1.29 is 33.0 Å². The SMILES string of the molecule is COCC[C@]1(C)C(=O)c2c(O)c(=O)c(C(=O)NCc3ccc(F)cc3F)cn2[C@H]2CCO[C@H]21. The van der Waals surface area contributed by atoms with Gasteiger partial charge in [-0.15, -0.1) is 0 Å². The summed E-state index contributed by atoms with van der Waals surface area (Å²) < 4.78 is 39.4. The van der Waals surface area contributed by atoms with Crippen LogP contribution < -0.4 is 10.7 Å². The quantitative estimate of drug-likeness (QED) is 0.683. The molecule has 2 aliphatic rings. The van der Waals surface area contributed by atoms with Gasteiger partial charge in [-0.25, -0.2) is 8.78 Å². The summed E-state index contributed by atoms with van der Waals surface area (Å²) >= 11 is 0. The molecule has 0 unspecified atom stereocenters. The van der Waals surface area contributed by atoms with Crippen molar-refractivity contribution in [3.8, 4) is 5.75 Å². The van der Waals surface area contributed by atoms with Crippen LogP contribution in [0.2, 0.25) is 0 Å². The van der Waals surface area contributed by atoms with Crippen molar-refractivity contribution in [2.45, 2.75) is 38.5 Å². The van der Waals surface area contributed by atoms with Crippen molar-refractivity contribution in [2.75, 3.05) is 20.3 Å². The molecule has 3 atom stereocenters. The fraction of sp³-hybridized carbons (Fsp3) is 0.435. The predicted octanol–water partition coefficient (Wildman–Crippen LogP) is 2.33. The van der Waals surface area contributed by atoms with Crippen LogP contribution in [0, 0.1) is 17.0 Å². The third kappa shape index (κ3) is 3.83. The summed E-state index contributed by atoms with van der Waals surface area (Å²) in [6.45, 7) is 2.10. The van der Waals surface area contributed by atoms with Gasteiger partial charge in [-0.3, -0.25) is 14.4 Å². The fourth-order valence-corrected chi connectivity index (χ4v) is 4.64. The van der Waals surface area contributed by atoms with E-state index in [1.165, 1.54) is 23.9 Å². The first kappa shape index (κ1) is 23.1. The number of Topliss-reactive ketones (excluding diaryl/α,β-unsaturated/α-hetero) is 1. The van der Waals surface area contributed by atoms with Crippen LogP contribution in [0.1, 0.15) is 52.2 Å². The molecule has 1 aromatic carbocycles. The molecule has 0 spiro atoms. The van der Waals surface area contributed by atoms with Gasteiger partial charge in [0, 0.05) is 44.7 Å². The Bertz CT molecular complexity index is 1180. The molecule has 10 heteroatoms.